The molecule has 0 aromatic carbocycles. The molecule has 0 aliphatic heterocycles. The van der Waals surface area contributed by atoms with Crippen LogP contribution >= 0.6 is 0 Å². The van der Waals surface area contributed by atoms with Gasteiger partial charge in [0.25, 0.3) is 0 Å². The predicted molar refractivity (Wildman–Crippen MR) is 55.3 cm³/mol. The highest BCUT2D eigenvalue weighted by Gasteiger charge is 2.22. The van der Waals surface area contributed by atoms with E-state index in [0.717, 1.165) is 17.9 Å². The predicted octanol–water partition coefficient (Wildman–Crippen LogP) is 0.495. The van der Waals surface area contributed by atoms with Crippen LogP contribution in [0.1, 0.15) is 18.2 Å². The van der Waals surface area contributed by atoms with E-state index in [1.54, 1.807) is 10.7 Å². The van der Waals surface area contributed by atoms with E-state index in [4.69, 9.17) is 5.73 Å². The first-order valence-electron chi connectivity index (χ1n) is 4.95. The van der Waals surface area contributed by atoms with Crippen LogP contribution in [0, 0.1) is 0 Å². The third-order valence-corrected chi connectivity index (χ3v) is 2.65. The molecule has 5 nitrogen and oxygen atoms in total. The number of nitrogens with two attached hydrogens (primary N) is 1. The summed E-state index contributed by atoms with van der Waals surface area (Å²) in [6.07, 6.45) is 6.71. The Balaban J connectivity index is 2.08. The molecule has 2 N–H and O–H groups in total. The minimum atomic E-state index is 0.131. The largest absolute Gasteiger partial charge is 0.324 e. The fourth-order valence-corrected chi connectivity index (χ4v) is 1.91. The molecule has 2 atom stereocenters. The van der Waals surface area contributed by atoms with Gasteiger partial charge in [-0.25, -0.2) is 0 Å². The van der Waals surface area contributed by atoms with Crippen LogP contribution in [-0.4, -0.2) is 25.9 Å². The molecule has 2 unspecified atom stereocenters. The summed E-state index contributed by atoms with van der Waals surface area (Å²) >= 11 is 0. The van der Waals surface area contributed by atoms with E-state index < -0.39 is 0 Å². The van der Waals surface area contributed by atoms with Gasteiger partial charge in [-0.15, -0.1) is 10.2 Å². The van der Waals surface area contributed by atoms with Crippen molar-refractivity contribution in [1.29, 1.82) is 0 Å². The maximum absolute atomic E-state index is 5.81. The Morgan fingerprint density at radius 1 is 1.33 bits per heavy atom. The smallest absolute Gasteiger partial charge is 0.177 e. The summed E-state index contributed by atoms with van der Waals surface area (Å²) in [6.45, 7) is 0. The van der Waals surface area contributed by atoms with Crippen molar-refractivity contribution in [3.63, 3.8) is 0 Å². The minimum Gasteiger partial charge on any atom is -0.324 e. The third-order valence-electron chi connectivity index (χ3n) is 2.65. The highest BCUT2D eigenvalue weighted by molar-refractivity contribution is 5.36. The lowest BCUT2D eigenvalue weighted by Gasteiger charge is -2.05. The maximum atomic E-state index is 5.81. The summed E-state index contributed by atoms with van der Waals surface area (Å²) < 4.78 is 1.77. The zero-order chi connectivity index (χ0) is 10.3. The highest BCUT2D eigenvalue weighted by atomic mass is 15.4. The second-order valence-electron chi connectivity index (χ2n) is 3.74. The van der Waals surface area contributed by atoms with Crippen LogP contribution in [0.15, 0.2) is 30.5 Å². The van der Waals surface area contributed by atoms with Crippen LogP contribution in [0.2, 0.25) is 0 Å². The lowest BCUT2D eigenvalue weighted by atomic mass is 10.1. The lowest BCUT2D eigenvalue weighted by molar-refractivity contribution is 0.655. The Hall–Kier alpha value is -1.75. The first-order chi connectivity index (χ1) is 7.34. The summed E-state index contributed by atoms with van der Waals surface area (Å²) in [7, 11) is 0. The van der Waals surface area contributed by atoms with Crippen LogP contribution in [0.25, 0.3) is 5.65 Å². The Labute approximate surface area is 86.6 Å². The van der Waals surface area contributed by atoms with Gasteiger partial charge in [0.15, 0.2) is 11.5 Å². The van der Waals surface area contributed by atoms with E-state index in [2.05, 4.69) is 21.4 Å². The molecule has 5 heteroatoms. The van der Waals surface area contributed by atoms with Crippen LogP contribution in [0.5, 0.6) is 0 Å². The van der Waals surface area contributed by atoms with Gasteiger partial charge in [0.05, 0.1) is 0 Å². The molecular weight excluding hydrogens is 190 g/mol. The molecule has 2 aromatic heterocycles. The molecule has 15 heavy (non-hydrogen) atoms. The zero-order valence-corrected chi connectivity index (χ0v) is 8.11. The van der Waals surface area contributed by atoms with Crippen molar-refractivity contribution in [3.05, 3.63) is 36.3 Å². The van der Waals surface area contributed by atoms with Crippen LogP contribution in [-0.2, 0) is 0 Å². The Bertz CT molecular complexity index is 515. The van der Waals surface area contributed by atoms with E-state index in [-0.39, 0.29) is 12.0 Å². The molecule has 0 radical (unpaired) electrons. The minimum absolute atomic E-state index is 0.131. The van der Waals surface area contributed by atoms with E-state index in [1.165, 1.54) is 0 Å². The van der Waals surface area contributed by atoms with Gasteiger partial charge < -0.3 is 5.73 Å². The fourth-order valence-electron chi connectivity index (χ4n) is 1.91. The number of hydrogen-bond acceptors (Lipinski definition) is 4. The van der Waals surface area contributed by atoms with Crippen molar-refractivity contribution >= 4 is 5.65 Å². The first-order valence-corrected chi connectivity index (χ1v) is 4.95. The van der Waals surface area contributed by atoms with E-state index >= 15 is 0 Å². The van der Waals surface area contributed by atoms with Crippen molar-refractivity contribution in [1.82, 2.24) is 19.8 Å². The molecule has 0 saturated carbocycles. The van der Waals surface area contributed by atoms with Gasteiger partial charge >= 0.3 is 0 Å². The summed E-state index contributed by atoms with van der Waals surface area (Å²) in [5, 5.41) is 12.4. The summed E-state index contributed by atoms with van der Waals surface area (Å²) in [4.78, 5) is 0. The molecule has 0 bridgehead atoms. The van der Waals surface area contributed by atoms with Gasteiger partial charge in [0.2, 0.25) is 0 Å². The molecule has 0 saturated heterocycles. The highest BCUT2D eigenvalue weighted by Crippen LogP contribution is 2.25. The number of fused-ring (bicyclic) bond motifs is 1. The van der Waals surface area contributed by atoms with Gasteiger partial charge in [-0.3, -0.25) is 0 Å². The summed E-state index contributed by atoms with van der Waals surface area (Å²) in [5.41, 5.74) is 6.59. The quantitative estimate of drug-likeness (QED) is 0.682. The average molecular weight is 201 g/mol. The number of aromatic nitrogens is 4. The van der Waals surface area contributed by atoms with Crippen molar-refractivity contribution in [2.45, 2.75) is 18.4 Å². The van der Waals surface area contributed by atoms with Gasteiger partial charge in [-0.2, -0.15) is 9.61 Å². The van der Waals surface area contributed by atoms with Crippen LogP contribution < -0.4 is 5.73 Å². The van der Waals surface area contributed by atoms with Gasteiger partial charge in [-0.05, 0) is 18.6 Å². The van der Waals surface area contributed by atoms with Crippen molar-refractivity contribution < 1.29 is 0 Å². The molecule has 2 heterocycles. The Morgan fingerprint density at radius 3 is 3.07 bits per heavy atom. The lowest BCUT2D eigenvalue weighted by Crippen LogP contribution is -2.15. The normalized spacial score (nSPS) is 25.1. The van der Waals surface area contributed by atoms with Crippen molar-refractivity contribution in [2.24, 2.45) is 5.73 Å². The molecule has 1 aliphatic carbocycles. The molecule has 3 rings (SSSR count). The fraction of sp³-hybridized carbons (Fsp3) is 0.300. The molecule has 0 amide bonds. The van der Waals surface area contributed by atoms with Crippen LogP contribution in [0.4, 0.5) is 0 Å². The molecular formula is C10H11N5. The summed E-state index contributed by atoms with van der Waals surface area (Å²) in [5.74, 6) is 1.11. The second-order valence-corrected chi connectivity index (χ2v) is 3.74. The Morgan fingerprint density at radius 2 is 2.27 bits per heavy atom. The zero-order valence-electron chi connectivity index (χ0n) is 8.11. The second kappa shape index (κ2) is 3.13. The topological polar surface area (TPSA) is 69.1 Å². The number of allylic oxidation sites excluding steroid dienone is 1. The standard InChI is InChI=1S/C10H11N5/c11-8-4-3-7(6-8)10-14-13-9-2-1-5-12-15(9)10/h1-5,7-8H,6,11H2. The molecule has 2 aromatic rings. The number of rotatable bonds is 1. The van der Waals surface area contributed by atoms with E-state index in [9.17, 15) is 0 Å². The molecule has 76 valence electrons. The molecule has 1 aliphatic rings. The molecule has 0 spiro atoms. The first kappa shape index (κ1) is 8.55. The summed E-state index contributed by atoms with van der Waals surface area (Å²) in [6, 6.07) is 3.87. The van der Waals surface area contributed by atoms with Gasteiger partial charge in [0, 0.05) is 18.2 Å². The average Bonchev–Trinajstić information content (AvgIpc) is 2.83. The van der Waals surface area contributed by atoms with Gasteiger partial charge in [-0.1, -0.05) is 12.2 Å². The van der Waals surface area contributed by atoms with Gasteiger partial charge in [0.1, 0.15) is 0 Å². The monoisotopic (exact) mass is 201 g/mol. The van der Waals surface area contributed by atoms with Crippen molar-refractivity contribution in [3.8, 4) is 0 Å². The van der Waals surface area contributed by atoms with Crippen LogP contribution in [0.3, 0.4) is 0 Å². The third kappa shape index (κ3) is 1.32. The maximum Gasteiger partial charge on any atom is 0.177 e. The SMILES string of the molecule is NC1C=CC(c2nnc3cccnn23)C1. The molecule has 0 fully saturated rings. The Kier molecular flexibility index (Phi) is 1.78. The number of nitrogens with zero attached hydrogens (tertiary/aromatic N) is 4. The number of hydrogen-bond donors (Lipinski definition) is 1. The van der Waals surface area contributed by atoms with E-state index in [0.29, 0.717) is 0 Å². The van der Waals surface area contributed by atoms with E-state index in [1.807, 2.05) is 18.2 Å². The van der Waals surface area contributed by atoms with Crippen molar-refractivity contribution in [2.75, 3.05) is 0 Å².